The van der Waals surface area contributed by atoms with Gasteiger partial charge in [0, 0.05) is 44.2 Å². The second-order valence-corrected chi connectivity index (χ2v) is 12.8. The standard InChI is InChI=1S/C20H12Cl3FN4O.C17H14ClFN4O/c21-11-6-12(22)8-13(7-11)25-20(29)26-19-15-9-14(10-4-2-1-3-5-10)16(23)17(24)18(15)27-28-19;1-2-8-20-17(24)21-16-12-9-11(10-6-4-3-5-7-10)13(18)14(19)15(12)22-23-16/h1-9H,(H3,25,26,27,28,29);2-7,9H,1,8H2,(H3,20,21,22,23,24). The first kappa shape index (κ1) is 37.1. The maximum absolute atomic E-state index is 14.8. The average molecular weight is 794 g/mol. The Labute approximate surface area is 320 Å². The van der Waals surface area contributed by atoms with Crippen LogP contribution in [0.4, 0.5) is 35.7 Å². The third kappa shape index (κ3) is 8.37. The molecule has 0 saturated carbocycles. The van der Waals surface area contributed by atoms with Crippen LogP contribution in [0, 0.1) is 11.6 Å². The number of urea groups is 2. The van der Waals surface area contributed by atoms with Crippen LogP contribution in [0.5, 0.6) is 0 Å². The Kier molecular flexibility index (Phi) is 11.4. The molecule has 268 valence electrons. The lowest BCUT2D eigenvalue weighted by Gasteiger charge is -2.09. The molecule has 7 rings (SSSR count). The van der Waals surface area contributed by atoms with Crippen LogP contribution in [-0.2, 0) is 0 Å². The molecule has 16 heteroatoms. The first-order valence-electron chi connectivity index (χ1n) is 15.6. The van der Waals surface area contributed by atoms with E-state index < -0.39 is 23.7 Å². The van der Waals surface area contributed by atoms with Gasteiger partial charge in [-0.2, -0.15) is 10.2 Å². The first-order chi connectivity index (χ1) is 25.5. The normalized spacial score (nSPS) is 10.8. The molecule has 0 aliphatic rings. The smallest absolute Gasteiger partial charge is 0.324 e. The number of aromatic amines is 2. The number of carbonyl (C=O) groups excluding carboxylic acids is 2. The summed E-state index contributed by atoms with van der Waals surface area (Å²) < 4.78 is 29.3. The van der Waals surface area contributed by atoms with Gasteiger partial charge in [-0.1, -0.05) is 113 Å². The van der Waals surface area contributed by atoms with Gasteiger partial charge >= 0.3 is 12.1 Å². The van der Waals surface area contributed by atoms with Crippen molar-refractivity contribution in [2.45, 2.75) is 0 Å². The molecular formula is C37H26Cl4F2N8O2. The summed E-state index contributed by atoms with van der Waals surface area (Å²) in [4.78, 5) is 24.1. The van der Waals surface area contributed by atoms with E-state index >= 15 is 0 Å². The summed E-state index contributed by atoms with van der Waals surface area (Å²) in [5, 5.41) is 25.0. The van der Waals surface area contributed by atoms with Crippen molar-refractivity contribution >= 4 is 97.6 Å². The maximum atomic E-state index is 14.8. The number of carbonyl (C=O) groups is 2. The Morgan fingerprint density at radius 1 is 0.660 bits per heavy atom. The second-order valence-electron chi connectivity index (χ2n) is 11.2. The molecule has 2 heterocycles. The van der Waals surface area contributed by atoms with Crippen molar-refractivity contribution in [3.63, 3.8) is 0 Å². The Hall–Kier alpha value is -5.66. The minimum atomic E-state index is -0.648. The molecule has 2 aromatic heterocycles. The lowest BCUT2D eigenvalue weighted by atomic mass is 10.0. The highest BCUT2D eigenvalue weighted by Crippen LogP contribution is 2.38. The van der Waals surface area contributed by atoms with Gasteiger partial charge < -0.3 is 10.6 Å². The molecule has 0 fully saturated rings. The Morgan fingerprint density at radius 3 is 1.57 bits per heavy atom. The number of amides is 4. The van der Waals surface area contributed by atoms with Gasteiger partial charge in [-0.3, -0.25) is 20.8 Å². The van der Waals surface area contributed by atoms with E-state index in [4.69, 9.17) is 46.4 Å². The van der Waals surface area contributed by atoms with Crippen LogP contribution in [0.25, 0.3) is 44.1 Å². The van der Waals surface area contributed by atoms with Gasteiger partial charge in [0.05, 0.1) is 10.0 Å². The summed E-state index contributed by atoms with van der Waals surface area (Å²) in [5.41, 5.74) is 3.16. The summed E-state index contributed by atoms with van der Waals surface area (Å²) in [5.74, 6) is -0.886. The molecule has 0 aliphatic heterocycles. The van der Waals surface area contributed by atoms with Crippen LogP contribution < -0.4 is 21.3 Å². The first-order valence-corrected chi connectivity index (χ1v) is 17.1. The van der Waals surface area contributed by atoms with Crippen molar-refractivity contribution in [2.24, 2.45) is 0 Å². The van der Waals surface area contributed by atoms with E-state index in [1.54, 1.807) is 36.4 Å². The van der Waals surface area contributed by atoms with E-state index in [-0.39, 0.29) is 32.7 Å². The highest BCUT2D eigenvalue weighted by Gasteiger charge is 2.20. The number of nitrogens with zero attached hydrogens (tertiary/aromatic N) is 2. The molecule has 6 N–H and O–H groups in total. The molecular weight excluding hydrogens is 768 g/mol. The number of nitrogens with one attached hydrogen (secondary N) is 6. The van der Waals surface area contributed by atoms with Gasteiger partial charge in [0.25, 0.3) is 0 Å². The van der Waals surface area contributed by atoms with Crippen LogP contribution in [-0.4, -0.2) is 39.0 Å². The predicted molar refractivity (Wildman–Crippen MR) is 209 cm³/mol. The molecule has 10 nitrogen and oxygen atoms in total. The van der Waals surface area contributed by atoms with Gasteiger partial charge in [0.1, 0.15) is 11.0 Å². The molecule has 5 aromatic carbocycles. The SMILES string of the molecule is C=CCNC(=O)Nc1n[nH]c2c(F)c(Cl)c(-c3ccccc3)cc12.O=C(Nc1cc(Cl)cc(Cl)c1)Nc1n[nH]c2c(F)c(Cl)c(-c3ccccc3)cc12. The fourth-order valence-electron chi connectivity index (χ4n) is 5.25. The Morgan fingerprint density at radius 2 is 1.11 bits per heavy atom. The molecule has 0 atom stereocenters. The van der Waals surface area contributed by atoms with E-state index in [0.29, 0.717) is 44.2 Å². The highest BCUT2D eigenvalue weighted by molar-refractivity contribution is 6.36. The largest absolute Gasteiger partial charge is 0.334 e. The van der Waals surface area contributed by atoms with Crippen LogP contribution in [0.1, 0.15) is 0 Å². The molecule has 7 aromatic rings. The van der Waals surface area contributed by atoms with Crippen LogP contribution >= 0.6 is 46.4 Å². The number of halogens is 6. The summed E-state index contributed by atoms with van der Waals surface area (Å²) in [6.45, 7) is 3.83. The van der Waals surface area contributed by atoms with Gasteiger partial charge in [0.15, 0.2) is 23.3 Å². The highest BCUT2D eigenvalue weighted by atomic mass is 35.5. The fourth-order valence-corrected chi connectivity index (χ4v) is 6.29. The zero-order chi connectivity index (χ0) is 37.6. The van der Waals surface area contributed by atoms with Crippen molar-refractivity contribution in [3.8, 4) is 22.3 Å². The van der Waals surface area contributed by atoms with Gasteiger partial charge in [-0.15, -0.1) is 6.58 Å². The second kappa shape index (κ2) is 16.3. The fraction of sp³-hybridized carbons (Fsp3) is 0.0270. The molecule has 0 bridgehead atoms. The van der Waals surface area contributed by atoms with Crippen molar-refractivity contribution in [2.75, 3.05) is 22.5 Å². The molecule has 0 radical (unpaired) electrons. The average Bonchev–Trinajstić information content (AvgIpc) is 3.74. The zero-order valence-electron chi connectivity index (χ0n) is 27.1. The third-order valence-electron chi connectivity index (χ3n) is 7.64. The summed E-state index contributed by atoms with van der Waals surface area (Å²) in [7, 11) is 0. The molecule has 53 heavy (non-hydrogen) atoms. The number of benzene rings is 5. The van der Waals surface area contributed by atoms with E-state index in [0.717, 1.165) is 11.1 Å². The minimum Gasteiger partial charge on any atom is -0.334 e. The Bertz CT molecular complexity index is 2460. The van der Waals surface area contributed by atoms with Gasteiger partial charge in [-0.25, -0.2) is 18.4 Å². The lowest BCUT2D eigenvalue weighted by Crippen LogP contribution is -2.28. The summed E-state index contributed by atoms with van der Waals surface area (Å²) in [6, 6.07) is 25.3. The van der Waals surface area contributed by atoms with E-state index in [1.807, 2.05) is 60.7 Å². The van der Waals surface area contributed by atoms with Crippen LogP contribution in [0.15, 0.2) is 104 Å². The molecule has 0 aliphatic carbocycles. The predicted octanol–water partition coefficient (Wildman–Crippen LogP) is 11.3. The topological polar surface area (TPSA) is 140 Å². The number of hydrogen-bond donors (Lipinski definition) is 6. The van der Waals surface area contributed by atoms with Crippen molar-refractivity contribution < 1.29 is 18.4 Å². The molecule has 0 saturated heterocycles. The van der Waals surface area contributed by atoms with Gasteiger partial charge in [-0.05, 0) is 41.5 Å². The summed E-state index contributed by atoms with van der Waals surface area (Å²) in [6.07, 6.45) is 1.55. The zero-order valence-corrected chi connectivity index (χ0v) is 30.2. The quantitative estimate of drug-likeness (QED) is 0.0894. The van der Waals surface area contributed by atoms with Crippen molar-refractivity contribution in [1.29, 1.82) is 0 Å². The minimum absolute atomic E-state index is 0.00000824. The Balaban J connectivity index is 0.000000185. The van der Waals surface area contributed by atoms with E-state index in [1.165, 1.54) is 0 Å². The monoisotopic (exact) mass is 792 g/mol. The number of fused-ring (bicyclic) bond motifs is 2. The molecule has 4 amide bonds. The van der Waals surface area contributed by atoms with E-state index in [2.05, 4.69) is 48.2 Å². The van der Waals surface area contributed by atoms with Crippen molar-refractivity contribution in [1.82, 2.24) is 25.7 Å². The molecule has 0 spiro atoms. The number of aromatic nitrogens is 4. The van der Waals surface area contributed by atoms with Crippen molar-refractivity contribution in [3.05, 3.63) is 135 Å². The number of H-pyrrole nitrogens is 2. The van der Waals surface area contributed by atoms with Crippen LogP contribution in [0.2, 0.25) is 20.1 Å². The summed E-state index contributed by atoms with van der Waals surface area (Å²) >= 11 is 24.2. The molecule has 0 unspecified atom stereocenters. The maximum Gasteiger partial charge on any atom is 0.324 e. The van der Waals surface area contributed by atoms with E-state index in [9.17, 15) is 18.4 Å². The lowest BCUT2D eigenvalue weighted by molar-refractivity contribution is 0.253. The number of hydrogen-bond acceptors (Lipinski definition) is 4. The number of anilines is 3. The third-order valence-corrected chi connectivity index (χ3v) is 8.82. The number of rotatable bonds is 7. The van der Waals surface area contributed by atoms with Gasteiger partial charge in [0.2, 0.25) is 0 Å². The van der Waals surface area contributed by atoms with Crippen LogP contribution in [0.3, 0.4) is 0 Å².